The van der Waals surface area contributed by atoms with Gasteiger partial charge in [-0.05, 0) is 12.1 Å². The molecule has 0 bridgehead atoms. The van der Waals surface area contributed by atoms with Crippen molar-refractivity contribution in [2.24, 2.45) is 0 Å². The van der Waals surface area contributed by atoms with Gasteiger partial charge in [0.05, 0.1) is 0 Å². The molecule has 0 heterocycles. The number of hydrogen-bond donors (Lipinski definition) is 0. The highest BCUT2D eigenvalue weighted by molar-refractivity contribution is 7.80. The SMILES string of the molecule is [CH]C(=S)COc1ccccc1. The predicted molar refractivity (Wildman–Crippen MR) is 48.8 cm³/mol. The zero-order valence-corrected chi connectivity index (χ0v) is 6.80. The minimum absolute atomic E-state index is 0.305. The standard InChI is InChI=1S/C9H8OS/c1-8(11)7-10-9-5-3-2-4-6-9/h1-6H,7H2. The van der Waals surface area contributed by atoms with E-state index in [1.165, 1.54) is 0 Å². The fraction of sp³-hybridized carbons (Fsp3) is 0.111. The smallest absolute Gasteiger partial charge is 0.120 e. The van der Waals surface area contributed by atoms with Crippen molar-refractivity contribution in [3.8, 4) is 5.75 Å². The lowest BCUT2D eigenvalue weighted by atomic mass is 10.3. The van der Waals surface area contributed by atoms with Gasteiger partial charge in [0, 0.05) is 11.8 Å². The van der Waals surface area contributed by atoms with Gasteiger partial charge in [-0.3, -0.25) is 0 Å². The van der Waals surface area contributed by atoms with Gasteiger partial charge >= 0.3 is 0 Å². The Labute approximate surface area is 72.0 Å². The normalized spacial score (nSPS) is 9.18. The van der Waals surface area contributed by atoms with E-state index in [2.05, 4.69) is 12.2 Å². The number of para-hydroxylation sites is 1. The Morgan fingerprint density at radius 2 is 2.00 bits per heavy atom. The summed E-state index contributed by atoms with van der Waals surface area (Å²) in [5.74, 6) is 0.792. The van der Waals surface area contributed by atoms with Crippen LogP contribution in [0.5, 0.6) is 5.75 Å². The lowest BCUT2D eigenvalue weighted by Crippen LogP contribution is -2.04. The Balaban J connectivity index is 2.45. The summed E-state index contributed by atoms with van der Waals surface area (Å²) in [5, 5.41) is 0. The second-order valence-electron chi connectivity index (χ2n) is 2.07. The molecule has 0 saturated heterocycles. The number of ether oxygens (including phenoxy) is 1. The van der Waals surface area contributed by atoms with Crippen molar-refractivity contribution >= 4 is 17.1 Å². The van der Waals surface area contributed by atoms with Crippen LogP contribution in [0.3, 0.4) is 0 Å². The second-order valence-corrected chi connectivity index (χ2v) is 2.59. The van der Waals surface area contributed by atoms with Crippen LogP contribution in [-0.4, -0.2) is 11.5 Å². The van der Waals surface area contributed by atoms with Crippen LogP contribution < -0.4 is 4.74 Å². The molecule has 0 unspecified atom stereocenters. The fourth-order valence-electron chi connectivity index (χ4n) is 0.671. The van der Waals surface area contributed by atoms with Gasteiger partial charge < -0.3 is 4.74 Å². The molecule has 0 aliphatic rings. The quantitative estimate of drug-likeness (QED) is 0.633. The van der Waals surface area contributed by atoms with Crippen LogP contribution in [0.1, 0.15) is 0 Å². The molecule has 2 radical (unpaired) electrons. The monoisotopic (exact) mass is 164 g/mol. The molecule has 1 nitrogen and oxygen atoms in total. The lowest BCUT2D eigenvalue weighted by molar-refractivity contribution is 0.379. The topological polar surface area (TPSA) is 9.23 Å². The Hall–Kier alpha value is -0.890. The first-order chi connectivity index (χ1) is 5.29. The third-order valence-electron chi connectivity index (χ3n) is 1.12. The lowest BCUT2D eigenvalue weighted by Gasteiger charge is -2.02. The zero-order valence-electron chi connectivity index (χ0n) is 5.99. The minimum atomic E-state index is 0.305. The molecule has 0 aliphatic heterocycles. The van der Waals surface area contributed by atoms with Crippen LogP contribution in [-0.2, 0) is 0 Å². The van der Waals surface area contributed by atoms with Crippen molar-refractivity contribution in [1.29, 1.82) is 0 Å². The van der Waals surface area contributed by atoms with Gasteiger partial charge in [0.1, 0.15) is 12.4 Å². The van der Waals surface area contributed by atoms with E-state index in [1.807, 2.05) is 30.3 Å². The molecule has 1 aromatic carbocycles. The molecule has 11 heavy (non-hydrogen) atoms. The molecule has 0 aromatic heterocycles. The summed E-state index contributed by atoms with van der Waals surface area (Å²) < 4.78 is 5.20. The first-order valence-corrected chi connectivity index (χ1v) is 3.66. The minimum Gasteiger partial charge on any atom is -0.488 e. The first-order valence-electron chi connectivity index (χ1n) is 3.25. The van der Waals surface area contributed by atoms with Gasteiger partial charge in [0.15, 0.2) is 0 Å². The molecular formula is C9H8OS. The van der Waals surface area contributed by atoms with Gasteiger partial charge in [-0.15, -0.1) is 0 Å². The summed E-state index contributed by atoms with van der Waals surface area (Å²) in [5.41, 5.74) is 0. The molecule has 1 rings (SSSR count). The van der Waals surface area contributed by atoms with Gasteiger partial charge in [-0.25, -0.2) is 0 Å². The average molecular weight is 164 g/mol. The summed E-state index contributed by atoms with van der Waals surface area (Å²) >= 11 is 4.65. The Kier molecular flexibility index (Phi) is 3.05. The van der Waals surface area contributed by atoms with Crippen LogP contribution in [0.2, 0.25) is 0 Å². The van der Waals surface area contributed by atoms with Crippen molar-refractivity contribution in [3.63, 3.8) is 0 Å². The summed E-state index contributed by atoms with van der Waals surface area (Å²) in [6, 6.07) is 9.44. The highest BCUT2D eigenvalue weighted by Gasteiger charge is 1.90. The predicted octanol–water partition coefficient (Wildman–Crippen LogP) is 2.15. The maximum atomic E-state index is 5.25. The number of hydrogen-bond acceptors (Lipinski definition) is 2. The van der Waals surface area contributed by atoms with Crippen molar-refractivity contribution in [3.05, 3.63) is 37.3 Å². The Morgan fingerprint density at radius 1 is 1.36 bits per heavy atom. The van der Waals surface area contributed by atoms with Crippen molar-refractivity contribution < 1.29 is 4.74 Å². The molecule has 1 aromatic rings. The van der Waals surface area contributed by atoms with E-state index in [-0.39, 0.29) is 0 Å². The van der Waals surface area contributed by atoms with Gasteiger partial charge in [0.2, 0.25) is 0 Å². The van der Waals surface area contributed by atoms with E-state index in [1.54, 1.807) is 0 Å². The summed E-state index contributed by atoms with van der Waals surface area (Å²) in [6.07, 6.45) is 0. The fourth-order valence-corrected chi connectivity index (χ4v) is 0.730. The molecule has 56 valence electrons. The van der Waals surface area contributed by atoms with E-state index < -0.39 is 0 Å². The van der Waals surface area contributed by atoms with Crippen LogP contribution in [0, 0.1) is 6.92 Å². The molecule has 0 atom stereocenters. The summed E-state index contributed by atoms with van der Waals surface area (Å²) in [4.78, 5) is 0.369. The molecule has 0 N–H and O–H groups in total. The number of benzene rings is 1. The molecule has 0 aliphatic carbocycles. The summed E-state index contributed by atoms with van der Waals surface area (Å²) in [7, 11) is 0. The molecular weight excluding hydrogens is 156 g/mol. The van der Waals surface area contributed by atoms with Crippen LogP contribution in [0.4, 0.5) is 0 Å². The zero-order chi connectivity index (χ0) is 8.10. The van der Waals surface area contributed by atoms with Crippen molar-refractivity contribution in [1.82, 2.24) is 0 Å². The van der Waals surface area contributed by atoms with E-state index in [0.29, 0.717) is 11.5 Å². The van der Waals surface area contributed by atoms with Crippen molar-refractivity contribution in [2.75, 3.05) is 6.61 Å². The molecule has 0 spiro atoms. The average Bonchev–Trinajstić information content (AvgIpc) is 2.03. The van der Waals surface area contributed by atoms with E-state index in [9.17, 15) is 0 Å². The van der Waals surface area contributed by atoms with Crippen molar-refractivity contribution in [2.45, 2.75) is 0 Å². The third-order valence-corrected chi connectivity index (χ3v) is 1.24. The molecule has 0 saturated carbocycles. The Morgan fingerprint density at radius 3 is 2.55 bits per heavy atom. The highest BCUT2D eigenvalue weighted by Crippen LogP contribution is 2.07. The maximum Gasteiger partial charge on any atom is 0.120 e. The Bertz CT molecular complexity index is 231. The van der Waals surface area contributed by atoms with Crippen LogP contribution in [0.25, 0.3) is 0 Å². The van der Waals surface area contributed by atoms with E-state index in [4.69, 9.17) is 11.7 Å². The van der Waals surface area contributed by atoms with Gasteiger partial charge in [-0.2, -0.15) is 0 Å². The third kappa shape index (κ3) is 3.14. The highest BCUT2D eigenvalue weighted by atomic mass is 32.1. The van der Waals surface area contributed by atoms with E-state index >= 15 is 0 Å². The number of thiocarbonyl (C=S) groups is 1. The summed E-state index contributed by atoms with van der Waals surface area (Å²) in [6.45, 7) is 5.55. The molecule has 2 heteroatoms. The largest absolute Gasteiger partial charge is 0.488 e. The van der Waals surface area contributed by atoms with Gasteiger partial charge in [-0.1, -0.05) is 30.4 Å². The maximum absolute atomic E-state index is 5.25. The number of rotatable bonds is 3. The molecule has 0 fully saturated rings. The first kappa shape index (κ1) is 8.21. The van der Waals surface area contributed by atoms with E-state index in [0.717, 1.165) is 5.75 Å². The second kappa shape index (κ2) is 4.09. The van der Waals surface area contributed by atoms with Crippen LogP contribution in [0.15, 0.2) is 30.3 Å². The molecule has 0 amide bonds. The van der Waals surface area contributed by atoms with Gasteiger partial charge in [0.25, 0.3) is 0 Å². The van der Waals surface area contributed by atoms with Crippen LogP contribution >= 0.6 is 12.2 Å².